The van der Waals surface area contributed by atoms with E-state index >= 15 is 0 Å². The van der Waals surface area contributed by atoms with Crippen molar-refractivity contribution >= 4 is 20.6 Å². The molecule has 0 spiro atoms. The van der Waals surface area contributed by atoms with Crippen molar-refractivity contribution in [3.63, 3.8) is 0 Å². The first kappa shape index (κ1) is 25.2. The van der Waals surface area contributed by atoms with Crippen molar-refractivity contribution in [1.29, 1.82) is 0 Å². The van der Waals surface area contributed by atoms with Gasteiger partial charge in [0.05, 0.1) is 11.4 Å². The van der Waals surface area contributed by atoms with Crippen LogP contribution < -0.4 is 9.47 Å². The Labute approximate surface area is 222 Å². The van der Waals surface area contributed by atoms with E-state index < -0.39 is 9.84 Å². The van der Waals surface area contributed by atoms with E-state index in [2.05, 4.69) is 4.90 Å². The number of ether oxygens (including phenoxy) is 2. The van der Waals surface area contributed by atoms with E-state index in [1.54, 1.807) is 36.4 Å². The third-order valence-electron chi connectivity index (χ3n) is 6.10. The van der Waals surface area contributed by atoms with E-state index in [0.29, 0.717) is 18.1 Å². The fraction of sp³-hybridized carbons (Fsp3) is 0.0968. The van der Waals surface area contributed by atoms with Crippen LogP contribution in [0.1, 0.15) is 0 Å². The number of phenols is 1. The number of rotatable bonds is 8. The summed E-state index contributed by atoms with van der Waals surface area (Å²) >= 11 is 0. The molecule has 0 saturated carbocycles. The lowest BCUT2D eigenvalue weighted by molar-refractivity contribution is 0.283. The second kappa shape index (κ2) is 10.9. The fourth-order valence-corrected chi connectivity index (χ4v) is 4.78. The molecule has 0 aromatic heterocycles. The van der Waals surface area contributed by atoms with Gasteiger partial charge in [0.1, 0.15) is 29.6 Å². The summed E-state index contributed by atoms with van der Waals surface area (Å²) in [7, 11) is -3.30. The second-order valence-electron chi connectivity index (χ2n) is 8.87. The third kappa shape index (κ3) is 5.90. The summed E-state index contributed by atoms with van der Waals surface area (Å²) in [6.45, 7) is 1.24. The quantitative estimate of drug-likeness (QED) is 0.276. The average molecular weight is 526 g/mol. The highest BCUT2D eigenvalue weighted by Gasteiger charge is 2.15. The monoisotopic (exact) mass is 525 g/mol. The van der Waals surface area contributed by atoms with Crippen molar-refractivity contribution < 1.29 is 23.0 Å². The zero-order chi connectivity index (χ0) is 26.5. The van der Waals surface area contributed by atoms with Crippen molar-refractivity contribution in [3.05, 3.63) is 116 Å². The van der Waals surface area contributed by atoms with Crippen molar-refractivity contribution in [2.45, 2.75) is 4.90 Å². The zero-order valence-electron chi connectivity index (χ0n) is 20.8. The molecule has 5 rings (SSSR count). The molecule has 4 aromatic rings. The SMILES string of the molecule is CS(=O)(=O)c1ccc(-c2ccc3cc(O)ccc3c2Oc2ccc(OCCN3C=CC=CC=C3)cc2)cc1. The van der Waals surface area contributed by atoms with Crippen molar-refractivity contribution in [2.75, 3.05) is 19.4 Å². The molecule has 0 radical (unpaired) electrons. The van der Waals surface area contributed by atoms with Gasteiger partial charge >= 0.3 is 0 Å². The van der Waals surface area contributed by atoms with E-state index in [9.17, 15) is 13.5 Å². The normalized spacial score (nSPS) is 13.0. The molecule has 7 heteroatoms. The Morgan fingerprint density at radius 3 is 2.16 bits per heavy atom. The first-order valence-corrected chi connectivity index (χ1v) is 14.0. The van der Waals surface area contributed by atoms with Crippen LogP contribution in [0, 0.1) is 0 Å². The van der Waals surface area contributed by atoms with E-state index in [1.807, 2.05) is 79.2 Å². The minimum atomic E-state index is -3.30. The van der Waals surface area contributed by atoms with E-state index in [0.717, 1.165) is 34.2 Å². The van der Waals surface area contributed by atoms with Crippen LogP contribution in [0.4, 0.5) is 0 Å². The molecular weight excluding hydrogens is 498 g/mol. The summed E-state index contributed by atoms with van der Waals surface area (Å²) in [6.07, 6.45) is 13.1. The van der Waals surface area contributed by atoms with Crippen LogP contribution in [-0.2, 0) is 9.84 Å². The van der Waals surface area contributed by atoms with Gasteiger partial charge in [-0.2, -0.15) is 0 Å². The lowest BCUT2D eigenvalue weighted by Crippen LogP contribution is -2.17. The zero-order valence-corrected chi connectivity index (χ0v) is 21.6. The number of hydrogen-bond donors (Lipinski definition) is 1. The first-order valence-electron chi connectivity index (χ1n) is 12.1. The van der Waals surface area contributed by atoms with Gasteiger partial charge in [-0.1, -0.05) is 30.4 Å². The molecular formula is C31H27NO5S. The van der Waals surface area contributed by atoms with E-state index in [1.165, 1.54) is 6.26 Å². The molecule has 0 saturated heterocycles. The molecule has 1 aliphatic heterocycles. The lowest BCUT2D eigenvalue weighted by atomic mass is 9.99. The summed E-state index contributed by atoms with van der Waals surface area (Å²) in [4.78, 5) is 2.31. The highest BCUT2D eigenvalue weighted by Crippen LogP contribution is 2.41. The highest BCUT2D eigenvalue weighted by molar-refractivity contribution is 7.90. The molecule has 1 heterocycles. The lowest BCUT2D eigenvalue weighted by Gasteiger charge is -2.16. The van der Waals surface area contributed by atoms with Crippen LogP contribution in [-0.4, -0.2) is 37.8 Å². The molecule has 1 N–H and O–H groups in total. The van der Waals surface area contributed by atoms with Gasteiger partial charge in [-0.25, -0.2) is 8.42 Å². The van der Waals surface area contributed by atoms with Crippen LogP contribution >= 0.6 is 0 Å². The van der Waals surface area contributed by atoms with Crippen LogP contribution in [0.15, 0.2) is 120 Å². The van der Waals surface area contributed by atoms with Crippen LogP contribution in [0.2, 0.25) is 0 Å². The number of benzene rings is 4. The van der Waals surface area contributed by atoms with Crippen LogP contribution in [0.5, 0.6) is 23.0 Å². The number of allylic oxidation sites excluding steroid dienone is 4. The standard InChI is InChI=1S/C31H27NO5S/c1-38(34,35)28-14-6-23(7-15-28)29-16-8-24-22-25(33)9-17-30(24)31(29)37-27-12-10-26(11-13-27)36-21-20-32-18-4-2-3-5-19-32/h2-19,22,33H,20-21H2,1H3. The Morgan fingerprint density at radius 2 is 1.47 bits per heavy atom. The largest absolute Gasteiger partial charge is 0.508 e. The Bertz CT molecular complexity index is 1620. The van der Waals surface area contributed by atoms with E-state index in [4.69, 9.17) is 9.47 Å². The maximum Gasteiger partial charge on any atom is 0.175 e. The van der Waals surface area contributed by atoms with Gasteiger partial charge in [0, 0.05) is 29.6 Å². The van der Waals surface area contributed by atoms with E-state index in [-0.39, 0.29) is 10.6 Å². The third-order valence-corrected chi connectivity index (χ3v) is 7.23. The number of phenolic OH excluding ortho intramolecular Hbond substituents is 1. The Balaban J connectivity index is 1.39. The summed E-state index contributed by atoms with van der Waals surface area (Å²) in [5.74, 6) is 2.13. The van der Waals surface area contributed by atoms with Crippen molar-refractivity contribution in [3.8, 4) is 34.1 Å². The Hall–Kier alpha value is -4.49. The average Bonchev–Trinajstić information content (AvgIpc) is 3.18. The van der Waals surface area contributed by atoms with Crippen molar-refractivity contribution in [2.24, 2.45) is 0 Å². The van der Waals surface area contributed by atoms with Gasteiger partial charge in [0.15, 0.2) is 9.84 Å². The minimum absolute atomic E-state index is 0.164. The Morgan fingerprint density at radius 1 is 0.789 bits per heavy atom. The molecule has 0 amide bonds. The van der Waals surface area contributed by atoms with Crippen LogP contribution in [0.3, 0.4) is 0 Å². The molecule has 6 nitrogen and oxygen atoms in total. The predicted octanol–water partition coefficient (Wildman–Crippen LogP) is 6.69. The summed E-state index contributed by atoms with van der Waals surface area (Å²) < 4.78 is 36.1. The summed E-state index contributed by atoms with van der Waals surface area (Å²) in [5.41, 5.74) is 1.62. The maximum atomic E-state index is 11.9. The molecule has 0 bridgehead atoms. The fourth-order valence-electron chi connectivity index (χ4n) is 4.15. The highest BCUT2D eigenvalue weighted by atomic mass is 32.2. The summed E-state index contributed by atoms with van der Waals surface area (Å²) in [5, 5.41) is 11.6. The maximum absolute atomic E-state index is 11.9. The number of aromatic hydroxyl groups is 1. The molecule has 1 aliphatic rings. The van der Waals surface area contributed by atoms with Gasteiger partial charge in [-0.05, 0) is 83.8 Å². The smallest absolute Gasteiger partial charge is 0.175 e. The Kier molecular flexibility index (Phi) is 7.20. The molecule has 0 aliphatic carbocycles. The van der Waals surface area contributed by atoms with Gasteiger partial charge in [0.2, 0.25) is 0 Å². The van der Waals surface area contributed by atoms with Gasteiger partial charge in [0.25, 0.3) is 0 Å². The van der Waals surface area contributed by atoms with Gasteiger partial charge < -0.3 is 19.5 Å². The number of nitrogens with zero attached hydrogens (tertiary/aromatic N) is 1. The molecule has 4 aromatic carbocycles. The van der Waals surface area contributed by atoms with Crippen LogP contribution in [0.25, 0.3) is 21.9 Å². The van der Waals surface area contributed by atoms with Gasteiger partial charge in [-0.3, -0.25) is 0 Å². The number of sulfone groups is 1. The molecule has 0 atom stereocenters. The number of fused-ring (bicyclic) bond motifs is 1. The predicted molar refractivity (Wildman–Crippen MR) is 150 cm³/mol. The van der Waals surface area contributed by atoms with Gasteiger partial charge in [-0.15, -0.1) is 0 Å². The van der Waals surface area contributed by atoms with Crippen molar-refractivity contribution in [1.82, 2.24) is 4.90 Å². The molecule has 192 valence electrons. The summed E-state index contributed by atoms with van der Waals surface area (Å²) in [6, 6.07) is 23.1. The minimum Gasteiger partial charge on any atom is -0.508 e. The molecule has 0 unspecified atom stereocenters. The first-order chi connectivity index (χ1) is 18.4. The second-order valence-corrected chi connectivity index (χ2v) is 10.9. The topological polar surface area (TPSA) is 76.1 Å². The number of hydrogen-bond acceptors (Lipinski definition) is 6. The molecule has 0 fully saturated rings. The molecule has 38 heavy (non-hydrogen) atoms.